The number of rotatable bonds is 2. The summed E-state index contributed by atoms with van der Waals surface area (Å²) in [6.07, 6.45) is 5.34. The van der Waals surface area contributed by atoms with Crippen LogP contribution in [0.5, 0.6) is 0 Å². The number of benzene rings is 1. The lowest BCUT2D eigenvalue weighted by molar-refractivity contribution is 1.08. The molecule has 1 heterocycles. The van der Waals surface area contributed by atoms with Crippen LogP contribution >= 0.6 is 0 Å². The predicted molar refractivity (Wildman–Crippen MR) is 65.0 cm³/mol. The van der Waals surface area contributed by atoms with Gasteiger partial charge >= 0.3 is 0 Å². The first-order chi connectivity index (χ1) is 8.33. The molecule has 0 aliphatic carbocycles. The maximum absolute atomic E-state index is 8.66. The number of aromatic nitrogens is 1. The van der Waals surface area contributed by atoms with Gasteiger partial charge in [-0.05, 0) is 29.8 Å². The Morgan fingerprint density at radius 1 is 1.06 bits per heavy atom. The summed E-state index contributed by atoms with van der Waals surface area (Å²) < 4.78 is 1.94. The smallest absolute Gasteiger partial charge is 0.130 e. The van der Waals surface area contributed by atoms with Gasteiger partial charge in [0, 0.05) is 18.1 Å². The third kappa shape index (κ3) is 2.42. The van der Waals surface area contributed by atoms with Crippen molar-refractivity contribution in [2.75, 3.05) is 0 Å². The highest BCUT2D eigenvalue weighted by atomic mass is 14.9. The van der Waals surface area contributed by atoms with Crippen LogP contribution in [-0.2, 0) is 0 Å². The lowest BCUT2D eigenvalue weighted by atomic mass is 10.2. The van der Waals surface area contributed by atoms with Crippen LogP contribution in [0.3, 0.4) is 0 Å². The average Bonchev–Trinajstić information content (AvgIpc) is 2.85. The topological polar surface area (TPSA) is 52.5 Å². The highest BCUT2D eigenvalue weighted by Crippen LogP contribution is 2.12. The minimum Gasteiger partial charge on any atom is -0.323 e. The molecule has 3 nitrogen and oxygen atoms in total. The third-order valence-corrected chi connectivity index (χ3v) is 2.32. The zero-order valence-corrected chi connectivity index (χ0v) is 9.04. The fourth-order valence-corrected chi connectivity index (χ4v) is 1.52. The van der Waals surface area contributed by atoms with Gasteiger partial charge in [-0.3, -0.25) is 0 Å². The molecule has 1 aromatic heterocycles. The van der Waals surface area contributed by atoms with E-state index in [1.807, 2.05) is 65.5 Å². The van der Waals surface area contributed by atoms with Gasteiger partial charge < -0.3 is 4.57 Å². The highest BCUT2D eigenvalue weighted by Gasteiger charge is 1.98. The third-order valence-electron chi connectivity index (χ3n) is 2.32. The minimum atomic E-state index is 0.107. The molecule has 17 heavy (non-hydrogen) atoms. The SMILES string of the molecule is N#CC(C#N)=Cc1ccn(-c2ccccc2)c1. The van der Waals surface area contributed by atoms with E-state index >= 15 is 0 Å². The molecule has 0 fully saturated rings. The highest BCUT2D eigenvalue weighted by molar-refractivity contribution is 5.62. The first-order valence-corrected chi connectivity index (χ1v) is 5.09. The first-order valence-electron chi connectivity index (χ1n) is 5.09. The molecule has 0 bridgehead atoms. The van der Waals surface area contributed by atoms with Gasteiger partial charge in [0.05, 0.1) is 0 Å². The van der Waals surface area contributed by atoms with Gasteiger partial charge in [0.25, 0.3) is 0 Å². The van der Waals surface area contributed by atoms with Crippen molar-refractivity contribution < 1.29 is 0 Å². The van der Waals surface area contributed by atoms with Gasteiger partial charge in [-0.15, -0.1) is 0 Å². The van der Waals surface area contributed by atoms with E-state index in [9.17, 15) is 0 Å². The van der Waals surface area contributed by atoms with Crippen molar-refractivity contribution >= 4 is 6.08 Å². The van der Waals surface area contributed by atoms with Crippen LogP contribution in [0.4, 0.5) is 0 Å². The Morgan fingerprint density at radius 2 is 1.76 bits per heavy atom. The normalized spacial score (nSPS) is 9.06. The minimum absolute atomic E-state index is 0.107. The molecule has 2 aromatic rings. The Labute approximate surface area is 99.5 Å². The van der Waals surface area contributed by atoms with Crippen LogP contribution < -0.4 is 0 Å². The summed E-state index contributed by atoms with van der Waals surface area (Å²) in [5, 5.41) is 17.3. The van der Waals surface area contributed by atoms with E-state index in [0.717, 1.165) is 11.3 Å². The molecule has 1 aromatic carbocycles. The van der Waals surface area contributed by atoms with Gasteiger partial charge in [0.2, 0.25) is 0 Å². The Morgan fingerprint density at radius 3 is 2.41 bits per heavy atom. The maximum atomic E-state index is 8.66. The number of para-hydroxylation sites is 1. The van der Waals surface area contributed by atoms with Gasteiger partial charge in [-0.2, -0.15) is 10.5 Å². The summed E-state index contributed by atoms with van der Waals surface area (Å²) in [4.78, 5) is 0. The molecule has 0 aliphatic heterocycles. The summed E-state index contributed by atoms with van der Waals surface area (Å²) in [5.74, 6) is 0. The Kier molecular flexibility index (Phi) is 3.05. The van der Waals surface area contributed by atoms with E-state index < -0.39 is 0 Å². The molecule has 80 valence electrons. The van der Waals surface area contributed by atoms with Crippen molar-refractivity contribution in [2.24, 2.45) is 0 Å². The van der Waals surface area contributed by atoms with E-state index in [1.165, 1.54) is 0 Å². The molecular weight excluding hydrogens is 210 g/mol. The maximum Gasteiger partial charge on any atom is 0.130 e. The van der Waals surface area contributed by atoms with Crippen LogP contribution in [-0.4, -0.2) is 4.57 Å². The van der Waals surface area contributed by atoms with Crippen LogP contribution in [0.15, 0.2) is 54.4 Å². The van der Waals surface area contributed by atoms with Crippen molar-refractivity contribution in [3.05, 3.63) is 59.9 Å². The second kappa shape index (κ2) is 4.83. The molecule has 3 heteroatoms. The summed E-state index contributed by atoms with van der Waals surface area (Å²) in [6.45, 7) is 0. The number of nitrogens with zero attached hydrogens (tertiary/aromatic N) is 3. The van der Waals surface area contributed by atoms with Crippen molar-refractivity contribution in [3.8, 4) is 17.8 Å². The zero-order valence-electron chi connectivity index (χ0n) is 9.04. The van der Waals surface area contributed by atoms with Crippen molar-refractivity contribution in [1.82, 2.24) is 4.57 Å². The van der Waals surface area contributed by atoms with Crippen LogP contribution in [0.2, 0.25) is 0 Å². The molecule has 0 atom stereocenters. The zero-order chi connectivity index (χ0) is 12.1. The summed E-state index contributed by atoms with van der Waals surface area (Å²) in [5.41, 5.74) is 1.99. The van der Waals surface area contributed by atoms with Crippen molar-refractivity contribution in [1.29, 1.82) is 10.5 Å². The molecule has 0 aliphatic rings. The van der Waals surface area contributed by atoms with Gasteiger partial charge in [0.1, 0.15) is 17.7 Å². The molecule has 0 amide bonds. The van der Waals surface area contributed by atoms with Crippen molar-refractivity contribution in [3.63, 3.8) is 0 Å². The standard InChI is InChI=1S/C14H9N3/c15-9-13(10-16)8-12-6-7-17(11-12)14-4-2-1-3-5-14/h1-8,11H. The average molecular weight is 219 g/mol. The van der Waals surface area contributed by atoms with Gasteiger partial charge in [-0.25, -0.2) is 0 Å². The predicted octanol–water partition coefficient (Wildman–Crippen LogP) is 2.91. The molecular formula is C14H9N3. The van der Waals surface area contributed by atoms with E-state index in [-0.39, 0.29) is 5.57 Å². The Bertz CT molecular complexity index is 605. The van der Waals surface area contributed by atoms with E-state index in [2.05, 4.69) is 0 Å². The van der Waals surface area contributed by atoms with Crippen LogP contribution in [0, 0.1) is 22.7 Å². The molecule has 0 spiro atoms. The van der Waals surface area contributed by atoms with Gasteiger partial charge in [-0.1, -0.05) is 18.2 Å². The van der Waals surface area contributed by atoms with Crippen molar-refractivity contribution in [2.45, 2.75) is 0 Å². The fraction of sp³-hybridized carbons (Fsp3) is 0. The molecule has 0 saturated carbocycles. The van der Waals surface area contributed by atoms with E-state index in [1.54, 1.807) is 6.08 Å². The lowest BCUT2D eigenvalue weighted by Crippen LogP contribution is -1.87. The summed E-state index contributed by atoms with van der Waals surface area (Å²) in [7, 11) is 0. The number of allylic oxidation sites excluding steroid dienone is 1. The Balaban J connectivity index is 2.33. The molecule has 2 rings (SSSR count). The Hall–Kier alpha value is -2.78. The number of hydrogen-bond acceptors (Lipinski definition) is 2. The first kappa shape index (κ1) is 10.7. The summed E-state index contributed by atoms with van der Waals surface area (Å²) in [6, 6.07) is 15.4. The number of nitriles is 2. The van der Waals surface area contributed by atoms with E-state index in [0.29, 0.717) is 0 Å². The summed E-state index contributed by atoms with van der Waals surface area (Å²) >= 11 is 0. The fourth-order valence-electron chi connectivity index (χ4n) is 1.52. The van der Waals surface area contributed by atoms with Crippen LogP contribution in [0.25, 0.3) is 11.8 Å². The second-order valence-electron chi connectivity index (χ2n) is 3.47. The molecule has 0 unspecified atom stereocenters. The van der Waals surface area contributed by atoms with E-state index in [4.69, 9.17) is 10.5 Å². The monoisotopic (exact) mass is 219 g/mol. The molecule has 0 N–H and O–H groups in total. The van der Waals surface area contributed by atoms with Gasteiger partial charge in [0.15, 0.2) is 0 Å². The molecule has 0 saturated heterocycles. The number of hydrogen-bond donors (Lipinski definition) is 0. The lowest BCUT2D eigenvalue weighted by Gasteiger charge is -2.00. The quantitative estimate of drug-likeness (QED) is 0.729. The van der Waals surface area contributed by atoms with Crippen LogP contribution in [0.1, 0.15) is 5.56 Å². The second-order valence-corrected chi connectivity index (χ2v) is 3.47. The largest absolute Gasteiger partial charge is 0.323 e. The molecule has 0 radical (unpaired) electrons.